The minimum Gasteiger partial charge on any atom is -0.397 e. The zero-order chi connectivity index (χ0) is 9.90. The van der Waals surface area contributed by atoms with Gasteiger partial charge in [-0.1, -0.05) is 12.1 Å². The van der Waals surface area contributed by atoms with Crippen LogP contribution in [0.15, 0.2) is 24.3 Å². The number of benzene rings is 1. The molecule has 0 fully saturated rings. The Hall–Kier alpha value is -1.22. The van der Waals surface area contributed by atoms with Gasteiger partial charge in [0, 0.05) is 0 Å². The van der Waals surface area contributed by atoms with Gasteiger partial charge in [0.2, 0.25) is 0 Å². The van der Waals surface area contributed by atoms with E-state index in [2.05, 4.69) is 5.48 Å². The summed E-state index contributed by atoms with van der Waals surface area (Å²) in [6.45, 7) is 5.91. The van der Waals surface area contributed by atoms with Gasteiger partial charge in [0.05, 0.1) is 17.0 Å². The van der Waals surface area contributed by atoms with Crippen LogP contribution in [-0.2, 0) is 4.84 Å². The maximum absolute atomic E-state index is 5.71. The molecule has 0 atom stereocenters. The van der Waals surface area contributed by atoms with Gasteiger partial charge in [-0.25, -0.2) is 0 Å². The largest absolute Gasteiger partial charge is 0.397 e. The van der Waals surface area contributed by atoms with Crippen molar-refractivity contribution >= 4 is 11.4 Å². The summed E-state index contributed by atoms with van der Waals surface area (Å²) in [4.78, 5) is 5.37. The van der Waals surface area contributed by atoms with Crippen molar-refractivity contribution < 1.29 is 4.84 Å². The van der Waals surface area contributed by atoms with Gasteiger partial charge in [-0.05, 0) is 32.9 Å². The maximum atomic E-state index is 5.71. The van der Waals surface area contributed by atoms with Crippen LogP contribution in [0, 0.1) is 0 Å². The summed E-state index contributed by atoms with van der Waals surface area (Å²) in [7, 11) is 0. The van der Waals surface area contributed by atoms with Gasteiger partial charge < -0.3 is 5.73 Å². The number of rotatable bonds is 2. The summed E-state index contributed by atoms with van der Waals surface area (Å²) in [6.07, 6.45) is 0. The van der Waals surface area contributed by atoms with E-state index in [1.165, 1.54) is 0 Å². The van der Waals surface area contributed by atoms with E-state index in [1.807, 2.05) is 45.0 Å². The lowest BCUT2D eigenvalue weighted by molar-refractivity contribution is 0.0376. The standard InChI is InChI=1S/C10H16N2O/c1-10(2,3)13-12-9-7-5-4-6-8(9)11/h4-7,12H,11H2,1-3H3. The lowest BCUT2D eigenvalue weighted by atomic mass is 10.2. The summed E-state index contributed by atoms with van der Waals surface area (Å²) < 4.78 is 0. The second-order valence-corrected chi connectivity index (χ2v) is 3.90. The molecule has 3 heteroatoms. The maximum Gasteiger partial charge on any atom is 0.0876 e. The Labute approximate surface area is 78.8 Å². The molecule has 13 heavy (non-hydrogen) atoms. The second-order valence-electron chi connectivity index (χ2n) is 3.90. The fraction of sp³-hybridized carbons (Fsp3) is 0.400. The molecule has 0 aliphatic heterocycles. The molecule has 3 N–H and O–H groups in total. The highest BCUT2D eigenvalue weighted by atomic mass is 16.7. The van der Waals surface area contributed by atoms with E-state index in [1.54, 1.807) is 0 Å². The van der Waals surface area contributed by atoms with E-state index in [9.17, 15) is 0 Å². The molecule has 3 nitrogen and oxygen atoms in total. The number of hydrogen-bond acceptors (Lipinski definition) is 3. The highest BCUT2D eigenvalue weighted by Crippen LogP contribution is 2.18. The zero-order valence-electron chi connectivity index (χ0n) is 8.29. The third kappa shape index (κ3) is 3.34. The SMILES string of the molecule is CC(C)(C)ONc1ccccc1N. The fourth-order valence-corrected chi connectivity index (χ4v) is 0.798. The monoisotopic (exact) mass is 180 g/mol. The highest BCUT2D eigenvalue weighted by Gasteiger charge is 2.10. The van der Waals surface area contributed by atoms with Crippen molar-refractivity contribution in [3.8, 4) is 0 Å². The van der Waals surface area contributed by atoms with Crippen LogP contribution >= 0.6 is 0 Å². The van der Waals surface area contributed by atoms with Crippen LogP contribution in [0.4, 0.5) is 11.4 Å². The zero-order valence-corrected chi connectivity index (χ0v) is 8.29. The third-order valence-electron chi connectivity index (χ3n) is 1.43. The number of nitrogens with two attached hydrogens (primary N) is 1. The van der Waals surface area contributed by atoms with E-state index >= 15 is 0 Å². The number of para-hydroxylation sites is 2. The Balaban J connectivity index is 2.60. The first kappa shape index (κ1) is 9.86. The van der Waals surface area contributed by atoms with E-state index in [4.69, 9.17) is 10.6 Å². The molecule has 0 saturated heterocycles. The quantitative estimate of drug-likeness (QED) is 0.542. The van der Waals surface area contributed by atoms with Gasteiger partial charge >= 0.3 is 0 Å². The Kier molecular flexibility index (Phi) is 2.78. The molecule has 0 unspecified atom stereocenters. The van der Waals surface area contributed by atoms with E-state index < -0.39 is 0 Å². The van der Waals surface area contributed by atoms with Crippen LogP contribution < -0.4 is 11.2 Å². The van der Waals surface area contributed by atoms with Crippen LogP contribution in [0.2, 0.25) is 0 Å². The van der Waals surface area contributed by atoms with Gasteiger partial charge in [-0.2, -0.15) is 0 Å². The first-order valence-electron chi connectivity index (χ1n) is 4.27. The minimum absolute atomic E-state index is 0.220. The van der Waals surface area contributed by atoms with Crippen molar-refractivity contribution in [2.45, 2.75) is 26.4 Å². The van der Waals surface area contributed by atoms with Gasteiger partial charge in [-0.3, -0.25) is 10.3 Å². The molecule has 0 amide bonds. The molecule has 0 aliphatic rings. The summed E-state index contributed by atoms with van der Waals surface area (Å²) in [6, 6.07) is 7.50. The van der Waals surface area contributed by atoms with Gasteiger partial charge in [0.1, 0.15) is 0 Å². The fourth-order valence-electron chi connectivity index (χ4n) is 0.798. The molecule has 0 bridgehead atoms. The van der Waals surface area contributed by atoms with Crippen LogP contribution in [-0.4, -0.2) is 5.60 Å². The van der Waals surface area contributed by atoms with Crippen molar-refractivity contribution in [2.24, 2.45) is 0 Å². The van der Waals surface area contributed by atoms with Gasteiger partial charge in [0.15, 0.2) is 0 Å². The Morgan fingerprint density at radius 1 is 1.23 bits per heavy atom. The molecular formula is C10H16N2O. The topological polar surface area (TPSA) is 47.3 Å². The van der Waals surface area contributed by atoms with Gasteiger partial charge in [-0.15, -0.1) is 0 Å². The first-order valence-corrected chi connectivity index (χ1v) is 4.27. The van der Waals surface area contributed by atoms with Crippen molar-refractivity contribution in [2.75, 3.05) is 11.2 Å². The van der Waals surface area contributed by atoms with Gasteiger partial charge in [0.25, 0.3) is 0 Å². The molecule has 0 radical (unpaired) electrons. The van der Waals surface area contributed by atoms with E-state index in [0.717, 1.165) is 5.69 Å². The minimum atomic E-state index is -0.220. The molecule has 0 heterocycles. The lowest BCUT2D eigenvalue weighted by Gasteiger charge is -2.20. The van der Waals surface area contributed by atoms with Crippen molar-refractivity contribution in [3.63, 3.8) is 0 Å². The number of nitrogen functional groups attached to an aromatic ring is 1. The summed E-state index contributed by atoms with van der Waals surface area (Å²) in [5, 5.41) is 0. The van der Waals surface area contributed by atoms with Crippen LogP contribution in [0.5, 0.6) is 0 Å². The van der Waals surface area contributed by atoms with Crippen LogP contribution in [0.25, 0.3) is 0 Å². The van der Waals surface area contributed by atoms with Crippen molar-refractivity contribution in [1.29, 1.82) is 0 Å². The molecule has 0 aromatic heterocycles. The number of nitrogens with one attached hydrogen (secondary N) is 1. The summed E-state index contributed by atoms with van der Waals surface area (Å²) >= 11 is 0. The molecule has 0 aliphatic carbocycles. The molecular weight excluding hydrogens is 164 g/mol. The first-order chi connectivity index (χ1) is 5.99. The predicted octanol–water partition coefficient (Wildman–Crippen LogP) is 2.41. The Morgan fingerprint density at radius 2 is 1.85 bits per heavy atom. The highest BCUT2D eigenvalue weighted by molar-refractivity contribution is 5.64. The Morgan fingerprint density at radius 3 is 2.38 bits per heavy atom. The molecule has 1 aromatic carbocycles. The normalized spacial score (nSPS) is 11.3. The van der Waals surface area contributed by atoms with Crippen LogP contribution in [0.3, 0.4) is 0 Å². The molecule has 72 valence electrons. The van der Waals surface area contributed by atoms with Crippen molar-refractivity contribution in [1.82, 2.24) is 0 Å². The Bertz CT molecular complexity index is 278. The summed E-state index contributed by atoms with van der Waals surface area (Å²) in [5.41, 5.74) is 9.81. The molecule has 1 aromatic rings. The predicted molar refractivity (Wildman–Crippen MR) is 55.3 cm³/mol. The van der Waals surface area contributed by atoms with E-state index in [-0.39, 0.29) is 5.60 Å². The summed E-state index contributed by atoms with van der Waals surface area (Å²) in [5.74, 6) is 0. The third-order valence-corrected chi connectivity index (χ3v) is 1.43. The number of hydrogen-bond donors (Lipinski definition) is 2. The number of anilines is 2. The lowest BCUT2D eigenvalue weighted by Crippen LogP contribution is -2.23. The van der Waals surface area contributed by atoms with Crippen LogP contribution in [0.1, 0.15) is 20.8 Å². The van der Waals surface area contributed by atoms with Crippen molar-refractivity contribution in [3.05, 3.63) is 24.3 Å². The average molecular weight is 180 g/mol. The molecule has 0 saturated carbocycles. The molecule has 0 spiro atoms. The second kappa shape index (κ2) is 3.66. The average Bonchev–Trinajstić information content (AvgIpc) is 2.01. The smallest absolute Gasteiger partial charge is 0.0876 e. The molecule has 1 rings (SSSR count). The van der Waals surface area contributed by atoms with E-state index in [0.29, 0.717) is 5.69 Å².